The lowest BCUT2D eigenvalue weighted by Crippen LogP contribution is -2.41. The van der Waals surface area contributed by atoms with Crippen molar-refractivity contribution < 1.29 is 9.18 Å². The molecule has 5 nitrogen and oxygen atoms in total. The number of carbonyl (C=O) groups excluding carboxylic acids is 1. The number of aromatic nitrogens is 3. The van der Waals surface area contributed by atoms with Crippen LogP contribution in [-0.4, -0.2) is 32.0 Å². The molecule has 2 aromatic carbocycles. The minimum absolute atomic E-state index is 0.0709. The van der Waals surface area contributed by atoms with Crippen molar-refractivity contribution in [1.82, 2.24) is 20.1 Å². The second-order valence-corrected chi connectivity index (χ2v) is 8.01. The summed E-state index contributed by atoms with van der Waals surface area (Å²) < 4.78 is 15.2. The third-order valence-corrected chi connectivity index (χ3v) is 4.53. The molecule has 1 heterocycles. The van der Waals surface area contributed by atoms with Crippen LogP contribution in [0.1, 0.15) is 20.8 Å². The lowest BCUT2D eigenvalue weighted by atomic mass is 10.1. The molecule has 140 valence electrons. The summed E-state index contributed by atoms with van der Waals surface area (Å²) in [5, 5.41) is 12.1. The first-order valence-electron chi connectivity index (χ1n) is 8.54. The van der Waals surface area contributed by atoms with E-state index in [0.717, 1.165) is 11.3 Å². The molecule has 0 atom stereocenters. The highest BCUT2D eigenvalue weighted by molar-refractivity contribution is 7.99. The highest BCUT2D eigenvalue weighted by Gasteiger charge is 2.19. The van der Waals surface area contributed by atoms with Crippen LogP contribution < -0.4 is 5.32 Å². The minimum atomic E-state index is -0.307. The Morgan fingerprint density at radius 3 is 2.37 bits per heavy atom. The van der Waals surface area contributed by atoms with Gasteiger partial charge in [-0.25, -0.2) is 4.39 Å². The Bertz CT molecular complexity index is 917. The predicted molar refractivity (Wildman–Crippen MR) is 105 cm³/mol. The van der Waals surface area contributed by atoms with Gasteiger partial charge in [-0.1, -0.05) is 30.0 Å². The monoisotopic (exact) mass is 384 g/mol. The molecule has 0 spiro atoms. The lowest BCUT2D eigenvalue weighted by Gasteiger charge is -2.20. The third kappa shape index (κ3) is 4.95. The van der Waals surface area contributed by atoms with Gasteiger partial charge in [0.05, 0.1) is 5.75 Å². The highest BCUT2D eigenvalue weighted by Crippen LogP contribution is 2.28. The van der Waals surface area contributed by atoms with Gasteiger partial charge in [-0.2, -0.15) is 0 Å². The molecule has 0 aliphatic rings. The Kier molecular flexibility index (Phi) is 5.60. The van der Waals surface area contributed by atoms with Crippen molar-refractivity contribution in [2.75, 3.05) is 5.75 Å². The summed E-state index contributed by atoms with van der Waals surface area (Å²) in [6.07, 6.45) is 0. The van der Waals surface area contributed by atoms with Crippen molar-refractivity contribution in [2.24, 2.45) is 0 Å². The maximum Gasteiger partial charge on any atom is 0.230 e. The Hall–Kier alpha value is -2.67. The van der Waals surface area contributed by atoms with Crippen LogP contribution in [0.2, 0.25) is 0 Å². The van der Waals surface area contributed by atoms with E-state index in [1.54, 1.807) is 12.1 Å². The quantitative estimate of drug-likeness (QED) is 0.674. The van der Waals surface area contributed by atoms with E-state index in [1.807, 2.05) is 55.7 Å². The molecular weight excluding hydrogens is 363 g/mol. The summed E-state index contributed by atoms with van der Waals surface area (Å²) in [4.78, 5) is 12.2. The minimum Gasteiger partial charge on any atom is -0.351 e. The molecule has 1 N–H and O–H groups in total. The zero-order valence-electron chi connectivity index (χ0n) is 15.4. The second-order valence-electron chi connectivity index (χ2n) is 7.07. The number of carbonyl (C=O) groups is 1. The van der Waals surface area contributed by atoms with E-state index in [2.05, 4.69) is 15.5 Å². The van der Waals surface area contributed by atoms with Gasteiger partial charge in [0, 0.05) is 16.8 Å². The fraction of sp³-hybridized carbons (Fsp3) is 0.250. The fourth-order valence-electron chi connectivity index (χ4n) is 2.54. The van der Waals surface area contributed by atoms with Gasteiger partial charge in [0.25, 0.3) is 0 Å². The number of thioether (sulfide) groups is 1. The van der Waals surface area contributed by atoms with Gasteiger partial charge in [0.2, 0.25) is 5.91 Å². The number of nitrogens with zero attached hydrogens (tertiary/aromatic N) is 3. The Morgan fingerprint density at radius 2 is 1.74 bits per heavy atom. The van der Waals surface area contributed by atoms with Gasteiger partial charge in [0.15, 0.2) is 11.0 Å². The smallest absolute Gasteiger partial charge is 0.230 e. The van der Waals surface area contributed by atoms with E-state index in [9.17, 15) is 9.18 Å². The molecule has 3 aromatic rings. The normalized spacial score (nSPS) is 11.4. The molecular formula is C20H21FN4OS. The standard InChI is InChI=1S/C20H21FN4OS/c1-20(2,3)22-17(26)13-27-19-24-23-18(14-9-11-15(21)12-10-14)25(19)16-7-5-4-6-8-16/h4-12H,13H2,1-3H3,(H,22,26). The SMILES string of the molecule is CC(C)(C)NC(=O)CSc1nnc(-c2ccc(F)cc2)n1-c1ccccc1. The van der Waals surface area contributed by atoms with Crippen LogP contribution in [0.5, 0.6) is 0 Å². The summed E-state index contributed by atoms with van der Waals surface area (Å²) in [6, 6.07) is 15.8. The first kappa shape index (κ1) is 19.1. The summed E-state index contributed by atoms with van der Waals surface area (Å²) in [5.74, 6) is 0.447. The number of rotatable bonds is 5. The predicted octanol–water partition coefficient (Wildman–Crippen LogP) is 4.08. The van der Waals surface area contributed by atoms with Crippen molar-refractivity contribution in [1.29, 1.82) is 0 Å². The van der Waals surface area contributed by atoms with Gasteiger partial charge in [-0.05, 0) is 57.2 Å². The van der Waals surface area contributed by atoms with Gasteiger partial charge < -0.3 is 5.32 Å². The zero-order chi connectivity index (χ0) is 19.4. The Balaban J connectivity index is 1.92. The topological polar surface area (TPSA) is 59.8 Å². The van der Waals surface area contributed by atoms with E-state index >= 15 is 0 Å². The number of nitrogens with one attached hydrogen (secondary N) is 1. The molecule has 0 unspecified atom stereocenters. The average Bonchev–Trinajstić information content (AvgIpc) is 3.04. The highest BCUT2D eigenvalue weighted by atomic mass is 32.2. The molecule has 1 aromatic heterocycles. The van der Waals surface area contributed by atoms with Crippen molar-refractivity contribution in [2.45, 2.75) is 31.5 Å². The molecule has 0 saturated carbocycles. The average molecular weight is 384 g/mol. The number of hydrogen-bond donors (Lipinski definition) is 1. The molecule has 7 heteroatoms. The van der Waals surface area contributed by atoms with Crippen LogP contribution in [0.3, 0.4) is 0 Å². The van der Waals surface area contributed by atoms with Crippen LogP contribution in [0.15, 0.2) is 59.8 Å². The van der Waals surface area contributed by atoms with Crippen LogP contribution in [0.4, 0.5) is 4.39 Å². The van der Waals surface area contributed by atoms with E-state index in [1.165, 1.54) is 23.9 Å². The third-order valence-electron chi connectivity index (χ3n) is 3.60. The van der Waals surface area contributed by atoms with Crippen LogP contribution in [-0.2, 0) is 4.79 Å². The molecule has 0 aliphatic heterocycles. The number of para-hydroxylation sites is 1. The van der Waals surface area contributed by atoms with E-state index < -0.39 is 0 Å². The van der Waals surface area contributed by atoms with Crippen molar-refractivity contribution in [3.63, 3.8) is 0 Å². The summed E-state index contributed by atoms with van der Waals surface area (Å²) >= 11 is 1.31. The van der Waals surface area contributed by atoms with E-state index in [4.69, 9.17) is 0 Å². The van der Waals surface area contributed by atoms with Crippen molar-refractivity contribution in [3.05, 3.63) is 60.4 Å². The molecule has 1 amide bonds. The van der Waals surface area contributed by atoms with Crippen molar-refractivity contribution >= 4 is 17.7 Å². The van der Waals surface area contributed by atoms with Gasteiger partial charge in [-0.3, -0.25) is 9.36 Å². The van der Waals surface area contributed by atoms with Gasteiger partial charge >= 0.3 is 0 Å². The molecule has 0 saturated heterocycles. The van der Waals surface area contributed by atoms with Crippen molar-refractivity contribution in [3.8, 4) is 17.1 Å². The molecule has 3 rings (SSSR count). The fourth-order valence-corrected chi connectivity index (χ4v) is 3.30. The second kappa shape index (κ2) is 7.92. The summed E-state index contributed by atoms with van der Waals surface area (Å²) in [7, 11) is 0. The molecule has 0 aliphatic carbocycles. The van der Waals surface area contributed by atoms with E-state index in [0.29, 0.717) is 11.0 Å². The van der Waals surface area contributed by atoms with Gasteiger partial charge in [0.1, 0.15) is 5.82 Å². The zero-order valence-corrected chi connectivity index (χ0v) is 16.3. The molecule has 0 bridgehead atoms. The Morgan fingerprint density at radius 1 is 1.07 bits per heavy atom. The largest absolute Gasteiger partial charge is 0.351 e. The number of benzene rings is 2. The summed E-state index contributed by atoms with van der Waals surface area (Å²) in [6.45, 7) is 5.82. The Labute approximate surface area is 162 Å². The van der Waals surface area contributed by atoms with E-state index in [-0.39, 0.29) is 23.0 Å². The van der Waals surface area contributed by atoms with Crippen LogP contribution in [0, 0.1) is 5.82 Å². The maximum absolute atomic E-state index is 13.3. The maximum atomic E-state index is 13.3. The first-order valence-corrected chi connectivity index (χ1v) is 9.53. The van der Waals surface area contributed by atoms with Crippen LogP contribution in [0.25, 0.3) is 17.1 Å². The van der Waals surface area contributed by atoms with Crippen LogP contribution >= 0.6 is 11.8 Å². The molecule has 0 fully saturated rings. The number of amides is 1. The number of hydrogen-bond acceptors (Lipinski definition) is 4. The molecule has 27 heavy (non-hydrogen) atoms. The lowest BCUT2D eigenvalue weighted by molar-refractivity contribution is -0.119. The van der Waals surface area contributed by atoms with Gasteiger partial charge in [-0.15, -0.1) is 10.2 Å². The first-order chi connectivity index (χ1) is 12.8. The number of halogens is 1. The molecule has 0 radical (unpaired) electrons. The summed E-state index contributed by atoms with van der Waals surface area (Å²) in [5.41, 5.74) is 1.34.